The van der Waals surface area contributed by atoms with Crippen molar-refractivity contribution < 1.29 is 9.84 Å². The topological polar surface area (TPSA) is 29.5 Å². The number of ether oxygens (including phenoxy) is 1. The minimum absolute atomic E-state index is 0.410. The summed E-state index contributed by atoms with van der Waals surface area (Å²) in [7, 11) is 0. The molecule has 2 aromatic rings. The number of fused-ring (bicyclic) bond motifs is 1. The van der Waals surface area contributed by atoms with Gasteiger partial charge in [-0.1, -0.05) is 40.2 Å². The highest BCUT2D eigenvalue weighted by molar-refractivity contribution is 9.10. The fourth-order valence-electron chi connectivity index (χ4n) is 2.55. The lowest BCUT2D eigenvalue weighted by molar-refractivity contribution is 0.168. The molecule has 0 fully saturated rings. The zero-order valence-corrected chi connectivity index (χ0v) is 12.8. The molecule has 0 amide bonds. The number of aliphatic hydroxyl groups excluding tert-OH is 1. The molecule has 3 rings (SSSR count). The quantitative estimate of drug-likeness (QED) is 0.915. The Labute approximate surface area is 127 Å². The van der Waals surface area contributed by atoms with Crippen molar-refractivity contribution in [3.63, 3.8) is 0 Å². The van der Waals surface area contributed by atoms with Gasteiger partial charge in [-0.25, -0.2) is 0 Å². The molecule has 2 nitrogen and oxygen atoms in total. The summed E-state index contributed by atoms with van der Waals surface area (Å²) in [6.45, 7) is 0.792. The highest BCUT2D eigenvalue weighted by Crippen LogP contribution is 2.27. The van der Waals surface area contributed by atoms with Gasteiger partial charge in [0.05, 0.1) is 12.7 Å². The molecule has 1 heterocycles. The van der Waals surface area contributed by atoms with Gasteiger partial charge in [-0.2, -0.15) is 0 Å². The number of hydrogen-bond acceptors (Lipinski definition) is 2. The number of aliphatic hydroxyl groups is 1. The predicted molar refractivity (Wildman–Crippen MR) is 83.1 cm³/mol. The monoisotopic (exact) mass is 332 g/mol. The first-order chi connectivity index (χ1) is 9.72. The summed E-state index contributed by atoms with van der Waals surface area (Å²) in [5.74, 6) is 1.02. The van der Waals surface area contributed by atoms with E-state index in [-0.39, 0.29) is 0 Å². The molecule has 1 unspecified atom stereocenters. The Hall–Kier alpha value is -1.32. The molecule has 2 aromatic carbocycles. The summed E-state index contributed by atoms with van der Waals surface area (Å²) >= 11 is 3.41. The summed E-state index contributed by atoms with van der Waals surface area (Å²) < 4.78 is 6.54. The Morgan fingerprint density at radius 2 is 1.95 bits per heavy atom. The van der Waals surface area contributed by atoms with Gasteiger partial charge in [0.1, 0.15) is 5.75 Å². The maximum atomic E-state index is 10.2. The lowest BCUT2D eigenvalue weighted by Crippen LogP contribution is -1.99. The van der Waals surface area contributed by atoms with Gasteiger partial charge in [0.2, 0.25) is 0 Å². The third-order valence-corrected chi connectivity index (χ3v) is 4.24. The summed E-state index contributed by atoms with van der Waals surface area (Å²) in [4.78, 5) is 0. The summed E-state index contributed by atoms with van der Waals surface area (Å²) in [6.07, 6.45) is 2.21. The van der Waals surface area contributed by atoms with Gasteiger partial charge in [-0.3, -0.25) is 0 Å². The van der Waals surface area contributed by atoms with E-state index >= 15 is 0 Å². The van der Waals surface area contributed by atoms with E-state index in [1.807, 2.05) is 30.3 Å². The molecule has 20 heavy (non-hydrogen) atoms. The lowest BCUT2D eigenvalue weighted by atomic mass is 10.00. The van der Waals surface area contributed by atoms with Crippen molar-refractivity contribution in [2.75, 3.05) is 6.61 Å². The Balaban J connectivity index is 1.63. The molecule has 0 saturated carbocycles. The second-order valence-corrected chi connectivity index (χ2v) is 6.06. The van der Waals surface area contributed by atoms with E-state index < -0.39 is 6.10 Å². The standard InChI is InChI=1S/C17H17BrO2/c18-15-5-3-13(4-6-15)16(19)7-1-12-2-8-17-14(11-12)9-10-20-17/h2-6,8,11,16,19H,1,7,9-10H2. The average molecular weight is 333 g/mol. The highest BCUT2D eigenvalue weighted by Gasteiger charge is 2.13. The molecule has 0 radical (unpaired) electrons. The van der Waals surface area contributed by atoms with E-state index in [1.165, 1.54) is 11.1 Å². The molecule has 3 heteroatoms. The molecule has 0 saturated heterocycles. The van der Waals surface area contributed by atoms with Gasteiger partial charge in [-0.05, 0) is 47.7 Å². The van der Waals surface area contributed by atoms with Gasteiger partial charge in [0.15, 0.2) is 0 Å². The van der Waals surface area contributed by atoms with Crippen LogP contribution in [0.15, 0.2) is 46.9 Å². The zero-order chi connectivity index (χ0) is 13.9. The third-order valence-electron chi connectivity index (χ3n) is 3.72. The van der Waals surface area contributed by atoms with Gasteiger partial charge < -0.3 is 9.84 Å². The molecule has 1 N–H and O–H groups in total. The molecule has 0 spiro atoms. The molecular weight excluding hydrogens is 316 g/mol. The minimum atomic E-state index is -0.410. The van der Waals surface area contributed by atoms with Crippen LogP contribution in [-0.4, -0.2) is 11.7 Å². The maximum absolute atomic E-state index is 10.2. The van der Waals surface area contributed by atoms with Gasteiger partial charge in [0, 0.05) is 10.9 Å². The van der Waals surface area contributed by atoms with E-state index in [2.05, 4.69) is 28.1 Å². The van der Waals surface area contributed by atoms with Gasteiger partial charge >= 0.3 is 0 Å². The van der Waals surface area contributed by atoms with E-state index in [9.17, 15) is 5.11 Å². The van der Waals surface area contributed by atoms with Crippen LogP contribution in [0.4, 0.5) is 0 Å². The molecule has 0 aromatic heterocycles. The largest absolute Gasteiger partial charge is 0.493 e. The first-order valence-corrected chi connectivity index (χ1v) is 7.70. The van der Waals surface area contributed by atoms with Crippen molar-refractivity contribution in [3.8, 4) is 5.75 Å². The Kier molecular flexibility index (Phi) is 4.08. The van der Waals surface area contributed by atoms with Crippen LogP contribution in [-0.2, 0) is 12.8 Å². The Morgan fingerprint density at radius 3 is 2.75 bits per heavy atom. The van der Waals surface area contributed by atoms with Crippen molar-refractivity contribution in [2.45, 2.75) is 25.4 Å². The smallest absolute Gasteiger partial charge is 0.122 e. The second kappa shape index (κ2) is 5.98. The Morgan fingerprint density at radius 1 is 1.15 bits per heavy atom. The molecule has 1 aliphatic heterocycles. The van der Waals surface area contributed by atoms with Crippen LogP contribution in [0.3, 0.4) is 0 Å². The molecule has 0 aliphatic carbocycles. The molecule has 1 atom stereocenters. The van der Waals surface area contributed by atoms with Gasteiger partial charge in [-0.15, -0.1) is 0 Å². The third kappa shape index (κ3) is 3.05. The van der Waals surface area contributed by atoms with Crippen LogP contribution in [0.2, 0.25) is 0 Å². The number of rotatable bonds is 4. The number of benzene rings is 2. The summed E-state index contributed by atoms with van der Waals surface area (Å²) in [6, 6.07) is 14.2. The zero-order valence-electron chi connectivity index (χ0n) is 11.2. The number of halogens is 1. The van der Waals surface area contributed by atoms with Crippen LogP contribution in [0.25, 0.3) is 0 Å². The highest BCUT2D eigenvalue weighted by atomic mass is 79.9. The molecule has 0 bridgehead atoms. The van der Waals surface area contributed by atoms with E-state index in [4.69, 9.17) is 4.74 Å². The average Bonchev–Trinajstić information content (AvgIpc) is 2.93. The minimum Gasteiger partial charge on any atom is -0.493 e. The van der Waals surface area contributed by atoms with Crippen molar-refractivity contribution >= 4 is 15.9 Å². The van der Waals surface area contributed by atoms with E-state index in [0.717, 1.165) is 41.7 Å². The lowest BCUT2D eigenvalue weighted by Gasteiger charge is -2.11. The number of aryl methyl sites for hydroxylation is 1. The SMILES string of the molecule is OC(CCc1ccc2c(c1)CCO2)c1ccc(Br)cc1. The van der Waals surface area contributed by atoms with Crippen LogP contribution in [0.1, 0.15) is 29.2 Å². The van der Waals surface area contributed by atoms with Crippen molar-refractivity contribution in [1.82, 2.24) is 0 Å². The van der Waals surface area contributed by atoms with E-state index in [0.29, 0.717) is 0 Å². The van der Waals surface area contributed by atoms with Crippen LogP contribution < -0.4 is 4.74 Å². The van der Waals surface area contributed by atoms with Gasteiger partial charge in [0.25, 0.3) is 0 Å². The van der Waals surface area contributed by atoms with Crippen LogP contribution in [0.5, 0.6) is 5.75 Å². The van der Waals surface area contributed by atoms with E-state index in [1.54, 1.807) is 0 Å². The van der Waals surface area contributed by atoms with Crippen LogP contribution in [0, 0.1) is 0 Å². The fourth-order valence-corrected chi connectivity index (χ4v) is 2.81. The Bertz CT molecular complexity index is 592. The fraction of sp³-hybridized carbons (Fsp3) is 0.294. The molecule has 1 aliphatic rings. The summed E-state index contributed by atoms with van der Waals surface area (Å²) in [5.41, 5.74) is 3.53. The van der Waals surface area contributed by atoms with Crippen molar-refractivity contribution in [1.29, 1.82) is 0 Å². The molecular formula is C17H17BrO2. The second-order valence-electron chi connectivity index (χ2n) is 5.15. The maximum Gasteiger partial charge on any atom is 0.122 e. The van der Waals surface area contributed by atoms with Crippen molar-refractivity contribution in [3.05, 3.63) is 63.6 Å². The molecule has 104 valence electrons. The normalized spacial score (nSPS) is 14.7. The van der Waals surface area contributed by atoms with Crippen LogP contribution >= 0.6 is 15.9 Å². The number of hydrogen-bond donors (Lipinski definition) is 1. The predicted octanol–water partition coefficient (Wildman–Crippen LogP) is 4.05. The first-order valence-electron chi connectivity index (χ1n) is 6.90. The van der Waals surface area contributed by atoms with Crippen molar-refractivity contribution in [2.24, 2.45) is 0 Å². The summed E-state index contributed by atoms with van der Waals surface area (Å²) in [5, 5.41) is 10.2. The first kappa shape index (κ1) is 13.7.